The summed E-state index contributed by atoms with van der Waals surface area (Å²) in [5, 5.41) is 2.68. The molecule has 5 nitrogen and oxygen atoms in total. The van der Waals surface area contributed by atoms with E-state index >= 15 is 0 Å². The Morgan fingerprint density at radius 1 is 1.25 bits per heavy atom. The van der Waals surface area contributed by atoms with E-state index in [2.05, 4.69) is 10.3 Å². The maximum absolute atomic E-state index is 12.7. The minimum absolute atomic E-state index is 0.0850. The lowest BCUT2D eigenvalue weighted by atomic mass is 10.1. The Kier molecular flexibility index (Phi) is 4.87. The van der Waals surface area contributed by atoms with Gasteiger partial charge in [0.25, 0.3) is 0 Å². The molecule has 24 heavy (non-hydrogen) atoms. The SMILES string of the molecule is CC(=O)CC(=O)c1cnc(Nc2cccc(C(F)(F)F)c2)c(N)c1. The molecule has 0 saturated carbocycles. The maximum Gasteiger partial charge on any atom is 0.416 e. The molecule has 0 bridgehead atoms. The zero-order valence-electron chi connectivity index (χ0n) is 12.6. The standard InChI is InChI=1S/C16H14F3N3O2/c1-9(23)5-14(24)10-6-13(20)15(21-8-10)22-12-4-2-3-11(7-12)16(17,18)19/h2-4,6-8H,5,20H2,1H3,(H,21,22). The number of hydrogen-bond acceptors (Lipinski definition) is 5. The predicted octanol–water partition coefficient (Wildman–Crippen LogP) is 3.59. The summed E-state index contributed by atoms with van der Waals surface area (Å²) in [6.07, 6.45) is -3.50. The van der Waals surface area contributed by atoms with E-state index in [-0.39, 0.29) is 35.0 Å². The Morgan fingerprint density at radius 2 is 1.96 bits per heavy atom. The van der Waals surface area contributed by atoms with E-state index in [0.29, 0.717) is 0 Å². The molecule has 0 aliphatic heterocycles. The van der Waals surface area contributed by atoms with Crippen LogP contribution in [0.15, 0.2) is 36.5 Å². The van der Waals surface area contributed by atoms with Crippen molar-refractivity contribution in [3.8, 4) is 0 Å². The second-order valence-electron chi connectivity index (χ2n) is 5.17. The molecule has 126 valence electrons. The molecule has 0 radical (unpaired) electrons. The lowest BCUT2D eigenvalue weighted by molar-refractivity contribution is -0.137. The number of hydrogen-bond donors (Lipinski definition) is 2. The van der Waals surface area contributed by atoms with E-state index in [1.165, 1.54) is 31.3 Å². The van der Waals surface area contributed by atoms with Crippen LogP contribution in [-0.2, 0) is 11.0 Å². The zero-order chi connectivity index (χ0) is 17.9. The monoisotopic (exact) mass is 337 g/mol. The first kappa shape index (κ1) is 17.5. The summed E-state index contributed by atoms with van der Waals surface area (Å²) in [6.45, 7) is 1.29. The van der Waals surface area contributed by atoms with E-state index in [1.807, 2.05) is 0 Å². The fourth-order valence-electron chi connectivity index (χ4n) is 1.98. The van der Waals surface area contributed by atoms with Gasteiger partial charge in [0.05, 0.1) is 17.7 Å². The molecule has 0 atom stereocenters. The molecule has 0 aliphatic rings. The Balaban J connectivity index is 2.22. The van der Waals surface area contributed by atoms with Crippen LogP contribution < -0.4 is 11.1 Å². The summed E-state index contributed by atoms with van der Waals surface area (Å²) >= 11 is 0. The van der Waals surface area contributed by atoms with E-state index < -0.39 is 17.5 Å². The third-order valence-corrected chi connectivity index (χ3v) is 3.10. The fraction of sp³-hybridized carbons (Fsp3) is 0.188. The van der Waals surface area contributed by atoms with Crippen molar-refractivity contribution >= 4 is 28.8 Å². The molecule has 2 rings (SSSR count). The molecule has 3 N–H and O–H groups in total. The summed E-state index contributed by atoms with van der Waals surface area (Å²) < 4.78 is 38.1. The molecule has 2 aromatic rings. The van der Waals surface area contributed by atoms with Crippen molar-refractivity contribution in [2.24, 2.45) is 0 Å². The molecule has 1 heterocycles. The average Bonchev–Trinajstić information content (AvgIpc) is 2.48. The number of aromatic nitrogens is 1. The van der Waals surface area contributed by atoms with Crippen molar-refractivity contribution in [3.05, 3.63) is 47.7 Å². The number of carbonyl (C=O) groups excluding carboxylic acids is 2. The summed E-state index contributed by atoms with van der Waals surface area (Å²) in [5.41, 5.74) is 5.38. The van der Waals surface area contributed by atoms with Crippen molar-refractivity contribution in [3.63, 3.8) is 0 Å². The second kappa shape index (κ2) is 6.69. The van der Waals surface area contributed by atoms with Crippen molar-refractivity contribution in [1.29, 1.82) is 0 Å². The van der Waals surface area contributed by atoms with Gasteiger partial charge in [-0.15, -0.1) is 0 Å². The number of rotatable bonds is 5. The number of pyridine rings is 1. The van der Waals surface area contributed by atoms with Gasteiger partial charge in [-0.1, -0.05) is 6.07 Å². The van der Waals surface area contributed by atoms with E-state index in [1.54, 1.807) is 0 Å². The maximum atomic E-state index is 12.7. The van der Waals surface area contributed by atoms with Crippen molar-refractivity contribution < 1.29 is 22.8 Å². The minimum Gasteiger partial charge on any atom is -0.396 e. The summed E-state index contributed by atoms with van der Waals surface area (Å²) in [4.78, 5) is 26.7. The van der Waals surface area contributed by atoms with Crippen LogP contribution in [0.1, 0.15) is 29.3 Å². The second-order valence-corrected chi connectivity index (χ2v) is 5.17. The Morgan fingerprint density at radius 3 is 2.54 bits per heavy atom. The molecule has 0 amide bonds. The molecule has 1 aromatic carbocycles. The number of ketones is 2. The van der Waals surface area contributed by atoms with Crippen LogP contribution >= 0.6 is 0 Å². The van der Waals surface area contributed by atoms with Gasteiger partial charge in [0.15, 0.2) is 11.6 Å². The number of halogens is 3. The number of benzene rings is 1. The molecule has 0 unspecified atom stereocenters. The van der Waals surface area contributed by atoms with E-state index in [4.69, 9.17) is 5.73 Å². The van der Waals surface area contributed by atoms with Crippen LogP contribution in [0.25, 0.3) is 0 Å². The van der Waals surface area contributed by atoms with Crippen LogP contribution in [0.4, 0.5) is 30.4 Å². The first-order valence-corrected chi connectivity index (χ1v) is 6.89. The number of anilines is 3. The normalized spacial score (nSPS) is 11.2. The summed E-state index contributed by atoms with van der Waals surface area (Å²) in [7, 11) is 0. The number of nitrogen functional groups attached to an aromatic ring is 1. The third-order valence-electron chi connectivity index (χ3n) is 3.10. The highest BCUT2D eigenvalue weighted by Crippen LogP contribution is 2.31. The number of nitrogens with two attached hydrogens (primary N) is 1. The number of alkyl halides is 3. The lowest BCUT2D eigenvalue weighted by Crippen LogP contribution is -2.08. The van der Waals surface area contributed by atoms with Gasteiger partial charge >= 0.3 is 6.18 Å². The molecule has 0 saturated heterocycles. The molecule has 8 heteroatoms. The number of nitrogens with zero attached hydrogens (tertiary/aromatic N) is 1. The van der Waals surface area contributed by atoms with E-state index in [9.17, 15) is 22.8 Å². The largest absolute Gasteiger partial charge is 0.416 e. The highest BCUT2D eigenvalue weighted by atomic mass is 19.4. The van der Waals surface area contributed by atoms with Gasteiger partial charge in [-0.05, 0) is 31.2 Å². The zero-order valence-corrected chi connectivity index (χ0v) is 12.6. The van der Waals surface area contributed by atoms with Crippen LogP contribution in [-0.4, -0.2) is 16.6 Å². The first-order valence-electron chi connectivity index (χ1n) is 6.89. The van der Waals surface area contributed by atoms with Gasteiger partial charge in [-0.2, -0.15) is 13.2 Å². The fourth-order valence-corrected chi connectivity index (χ4v) is 1.98. The smallest absolute Gasteiger partial charge is 0.396 e. The Hall–Kier alpha value is -2.90. The van der Waals surface area contributed by atoms with E-state index in [0.717, 1.165) is 12.1 Å². The summed E-state index contributed by atoms with van der Waals surface area (Å²) in [6, 6.07) is 5.90. The number of Topliss-reactive ketones (excluding diaryl/α,β-unsaturated/α-hetero) is 2. The Labute approximate surface area is 135 Å². The van der Waals surface area contributed by atoms with Crippen LogP contribution in [0.3, 0.4) is 0 Å². The Bertz CT molecular complexity index is 788. The van der Waals surface area contributed by atoms with Gasteiger partial charge in [0.1, 0.15) is 5.78 Å². The minimum atomic E-state index is -4.46. The molecular formula is C16H14F3N3O2. The highest BCUT2D eigenvalue weighted by molar-refractivity contribution is 6.07. The molecular weight excluding hydrogens is 323 g/mol. The molecule has 0 spiro atoms. The summed E-state index contributed by atoms with van der Waals surface area (Å²) in [5.74, 6) is -0.592. The highest BCUT2D eigenvalue weighted by Gasteiger charge is 2.30. The number of carbonyl (C=O) groups is 2. The van der Waals surface area contributed by atoms with Crippen LogP contribution in [0.5, 0.6) is 0 Å². The van der Waals surface area contributed by atoms with Crippen molar-refractivity contribution in [2.75, 3.05) is 11.1 Å². The van der Waals surface area contributed by atoms with Gasteiger partial charge in [0.2, 0.25) is 0 Å². The predicted molar refractivity (Wildman–Crippen MR) is 83.0 cm³/mol. The van der Waals surface area contributed by atoms with Gasteiger partial charge in [-0.25, -0.2) is 4.98 Å². The topological polar surface area (TPSA) is 85.1 Å². The first-order chi connectivity index (χ1) is 11.2. The van der Waals surface area contributed by atoms with Crippen molar-refractivity contribution in [1.82, 2.24) is 4.98 Å². The number of nitrogens with one attached hydrogen (secondary N) is 1. The third kappa shape index (κ3) is 4.31. The quantitative estimate of drug-likeness (QED) is 0.643. The van der Waals surface area contributed by atoms with Crippen LogP contribution in [0.2, 0.25) is 0 Å². The van der Waals surface area contributed by atoms with Gasteiger partial charge in [-0.3, -0.25) is 9.59 Å². The molecule has 1 aromatic heterocycles. The molecule has 0 fully saturated rings. The molecule has 0 aliphatic carbocycles. The van der Waals surface area contributed by atoms with Gasteiger partial charge < -0.3 is 11.1 Å². The lowest BCUT2D eigenvalue weighted by Gasteiger charge is -2.12. The van der Waals surface area contributed by atoms with Crippen LogP contribution in [0, 0.1) is 0 Å². The van der Waals surface area contributed by atoms with Crippen molar-refractivity contribution in [2.45, 2.75) is 19.5 Å². The van der Waals surface area contributed by atoms with Gasteiger partial charge in [0, 0.05) is 17.4 Å². The average molecular weight is 337 g/mol.